The fourth-order valence-corrected chi connectivity index (χ4v) is 3.71. The van der Waals surface area contributed by atoms with Gasteiger partial charge in [-0.3, -0.25) is 4.79 Å². The molecule has 0 aliphatic carbocycles. The highest BCUT2D eigenvalue weighted by Gasteiger charge is 2.31. The Morgan fingerprint density at radius 2 is 1.81 bits per heavy atom. The molecule has 0 unspecified atom stereocenters. The van der Waals surface area contributed by atoms with Crippen LogP contribution in [0.2, 0.25) is 0 Å². The molecule has 0 saturated carbocycles. The molecule has 0 fully saturated rings. The number of hydrogen-bond acceptors (Lipinski definition) is 4. The Kier molecular flexibility index (Phi) is 8.10. The molecular weight excluding hydrogens is 464 g/mol. The molecule has 2 N–H and O–H groups in total. The van der Waals surface area contributed by atoms with Gasteiger partial charge in [-0.1, -0.05) is 19.6 Å². The van der Waals surface area contributed by atoms with Gasteiger partial charge >= 0.3 is 0 Å². The van der Waals surface area contributed by atoms with Crippen LogP contribution in [0.1, 0.15) is 39.9 Å². The van der Waals surface area contributed by atoms with Crippen molar-refractivity contribution in [3.05, 3.63) is 90.1 Å². The van der Waals surface area contributed by atoms with Gasteiger partial charge in [-0.25, -0.2) is 13.5 Å². The van der Waals surface area contributed by atoms with Crippen molar-refractivity contribution in [1.29, 1.82) is 0 Å². The number of hydrogen-bond donors (Lipinski definition) is 2. The lowest BCUT2D eigenvalue weighted by atomic mass is 9.92. The molecule has 0 spiro atoms. The second-order valence-corrected chi connectivity index (χ2v) is 9.15. The van der Waals surface area contributed by atoms with Crippen LogP contribution < -0.4 is 10.1 Å². The lowest BCUT2D eigenvalue weighted by Gasteiger charge is -2.30. The third kappa shape index (κ3) is 5.71. The maximum atomic E-state index is 14.0. The van der Waals surface area contributed by atoms with E-state index in [2.05, 4.69) is 10.4 Å². The molecule has 0 radical (unpaired) electrons. The fourth-order valence-electron chi connectivity index (χ4n) is 3.71. The number of carbonyl (C=O) groups excluding carboxylic acids is 1. The summed E-state index contributed by atoms with van der Waals surface area (Å²) in [5, 5.41) is 17.6. The van der Waals surface area contributed by atoms with Crippen LogP contribution in [0.5, 0.6) is 5.75 Å². The summed E-state index contributed by atoms with van der Waals surface area (Å²) in [6, 6.07) is 16.9. The third-order valence-corrected chi connectivity index (χ3v) is 5.87. The van der Waals surface area contributed by atoms with Gasteiger partial charge in [0.25, 0.3) is 0 Å². The Hall–Kier alpha value is -3.78. The maximum absolute atomic E-state index is 14.0. The molecule has 4 rings (SSSR count). The first kappa shape index (κ1) is 26.8. The summed E-state index contributed by atoms with van der Waals surface area (Å²) in [7, 11) is 0. The van der Waals surface area contributed by atoms with Gasteiger partial charge in [-0.15, -0.1) is 0 Å². The molecule has 0 aliphatic rings. The van der Waals surface area contributed by atoms with Gasteiger partial charge in [0.15, 0.2) is 0 Å². The summed E-state index contributed by atoms with van der Waals surface area (Å²) in [4.78, 5) is 12.7. The molecule has 1 aromatic heterocycles. The van der Waals surface area contributed by atoms with E-state index in [1.165, 1.54) is 24.3 Å². The SMILES string of the molecule is C.C[C@H](NC(=O)C(C)(C)CO)[C@H](Oc1ccc2c(cnn2-c2ccc(F)cc2)c1)c1cccc(F)c1. The second-order valence-electron chi connectivity index (χ2n) is 9.15. The second kappa shape index (κ2) is 10.9. The zero-order valence-corrected chi connectivity index (χ0v) is 19.7. The Bertz CT molecular complexity index is 1340. The Balaban J connectivity index is 0.00000361. The zero-order valence-electron chi connectivity index (χ0n) is 19.7. The van der Waals surface area contributed by atoms with E-state index >= 15 is 0 Å². The Labute approximate surface area is 209 Å². The minimum Gasteiger partial charge on any atom is -0.484 e. The smallest absolute Gasteiger partial charge is 0.228 e. The molecular formula is C28H31F2N3O3. The number of amides is 1. The van der Waals surface area contributed by atoms with E-state index in [0.29, 0.717) is 11.3 Å². The van der Waals surface area contributed by atoms with E-state index in [1.807, 2.05) is 6.07 Å². The summed E-state index contributed by atoms with van der Waals surface area (Å²) in [5.41, 5.74) is 1.10. The van der Waals surface area contributed by atoms with E-state index < -0.39 is 23.4 Å². The van der Waals surface area contributed by atoms with Gasteiger partial charge < -0.3 is 15.2 Å². The quantitative estimate of drug-likeness (QED) is 0.334. The fraction of sp³-hybridized carbons (Fsp3) is 0.286. The van der Waals surface area contributed by atoms with Gasteiger partial charge in [0.2, 0.25) is 5.91 Å². The van der Waals surface area contributed by atoms with Crippen LogP contribution in [0.3, 0.4) is 0 Å². The van der Waals surface area contributed by atoms with Crippen LogP contribution in [0, 0.1) is 17.0 Å². The molecule has 190 valence electrons. The molecule has 4 aromatic rings. The summed E-state index contributed by atoms with van der Waals surface area (Å²) in [6.07, 6.45) is 0.978. The number of benzene rings is 3. The summed E-state index contributed by atoms with van der Waals surface area (Å²) >= 11 is 0. The molecule has 8 heteroatoms. The summed E-state index contributed by atoms with van der Waals surface area (Å²) in [5.74, 6) is -0.573. The lowest BCUT2D eigenvalue weighted by Crippen LogP contribution is -2.46. The van der Waals surface area contributed by atoms with E-state index in [4.69, 9.17) is 4.74 Å². The highest BCUT2D eigenvalue weighted by atomic mass is 19.1. The number of aromatic nitrogens is 2. The molecule has 0 bridgehead atoms. The van der Waals surface area contributed by atoms with Crippen molar-refractivity contribution >= 4 is 16.8 Å². The normalized spacial score (nSPS) is 13.1. The largest absolute Gasteiger partial charge is 0.484 e. The number of nitrogens with one attached hydrogen (secondary N) is 1. The topological polar surface area (TPSA) is 76.4 Å². The van der Waals surface area contributed by atoms with Crippen LogP contribution in [0.25, 0.3) is 16.6 Å². The minimum atomic E-state index is -0.978. The molecule has 2 atom stereocenters. The molecule has 3 aromatic carbocycles. The number of fused-ring (bicyclic) bond motifs is 1. The first-order valence-electron chi connectivity index (χ1n) is 11.3. The summed E-state index contributed by atoms with van der Waals surface area (Å²) in [6.45, 7) is 4.73. The highest BCUT2D eigenvalue weighted by molar-refractivity contribution is 5.82. The molecule has 1 heterocycles. The molecule has 6 nitrogen and oxygen atoms in total. The van der Waals surface area contributed by atoms with Crippen molar-refractivity contribution < 1.29 is 23.4 Å². The molecule has 0 saturated heterocycles. The number of carbonyl (C=O) groups is 1. The average molecular weight is 496 g/mol. The number of aliphatic hydroxyl groups is 1. The highest BCUT2D eigenvalue weighted by Crippen LogP contribution is 2.30. The average Bonchev–Trinajstić information content (AvgIpc) is 3.26. The van der Waals surface area contributed by atoms with Crippen molar-refractivity contribution in [2.24, 2.45) is 5.41 Å². The van der Waals surface area contributed by atoms with Crippen LogP contribution in [-0.4, -0.2) is 33.4 Å². The predicted octanol–water partition coefficient (Wildman–Crippen LogP) is 5.58. The molecule has 36 heavy (non-hydrogen) atoms. The minimum absolute atomic E-state index is 0. The number of halogens is 2. The zero-order chi connectivity index (χ0) is 25.2. The van der Waals surface area contributed by atoms with Crippen LogP contribution >= 0.6 is 0 Å². The first-order chi connectivity index (χ1) is 16.7. The monoisotopic (exact) mass is 495 g/mol. The maximum Gasteiger partial charge on any atom is 0.228 e. The van der Waals surface area contributed by atoms with Crippen molar-refractivity contribution in [1.82, 2.24) is 15.1 Å². The van der Waals surface area contributed by atoms with Gasteiger partial charge in [0.1, 0.15) is 23.5 Å². The predicted molar refractivity (Wildman–Crippen MR) is 136 cm³/mol. The number of rotatable bonds is 8. The Morgan fingerprint density at radius 1 is 1.08 bits per heavy atom. The van der Waals surface area contributed by atoms with Crippen molar-refractivity contribution in [3.8, 4) is 11.4 Å². The van der Waals surface area contributed by atoms with Gasteiger partial charge in [0.05, 0.1) is 35.5 Å². The van der Waals surface area contributed by atoms with Crippen LogP contribution in [0.15, 0.2) is 72.9 Å². The third-order valence-electron chi connectivity index (χ3n) is 5.87. The van der Waals surface area contributed by atoms with E-state index in [1.54, 1.807) is 68.0 Å². The van der Waals surface area contributed by atoms with Gasteiger partial charge in [0, 0.05) is 5.39 Å². The van der Waals surface area contributed by atoms with Gasteiger partial charge in [-0.05, 0) is 80.9 Å². The number of ether oxygens (including phenoxy) is 1. The standard InChI is InChI=1S/C27H27F2N3O3.CH4/c1-17(31-26(34)27(2,3)16-33)25(18-5-4-6-21(29)13-18)35-23-11-12-24-19(14-23)15-30-32(24)22-9-7-20(28)8-10-22;/h4-15,17,25,33H,16H2,1-3H3,(H,31,34);1H4/t17-,25-;/m0./s1. The molecule has 1 amide bonds. The van der Waals surface area contributed by atoms with Crippen LogP contribution in [0.4, 0.5) is 8.78 Å². The van der Waals surface area contributed by atoms with Gasteiger partial charge in [-0.2, -0.15) is 5.10 Å². The lowest BCUT2D eigenvalue weighted by molar-refractivity contribution is -0.132. The Morgan fingerprint density at radius 3 is 2.47 bits per heavy atom. The summed E-state index contributed by atoms with van der Waals surface area (Å²) < 4.78 is 35.3. The van der Waals surface area contributed by atoms with E-state index in [9.17, 15) is 18.7 Å². The van der Waals surface area contributed by atoms with Crippen molar-refractivity contribution in [2.45, 2.75) is 40.3 Å². The van der Waals surface area contributed by atoms with E-state index in [-0.39, 0.29) is 25.8 Å². The first-order valence-corrected chi connectivity index (χ1v) is 11.3. The number of aliphatic hydroxyl groups excluding tert-OH is 1. The van der Waals surface area contributed by atoms with Crippen molar-refractivity contribution in [2.75, 3.05) is 6.61 Å². The molecule has 0 aliphatic heterocycles. The van der Waals surface area contributed by atoms with Crippen LogP contribution in [-0.2, 0) is 4.79 Å². The van der Waals surface area contributed by atoms with E-state index in [0.717, 1.165) is 16.6 Å². The number of nitrogens with zero attached hydrogens (tertiary/aromatic N) is 2. The van der Waals surface area contributed by atoms with Crippen molar-refractivity contribution in [3.63, 3.8) is 0 Å².